The van der Waals surface area contributed by atoms with Crippen LogP contribution in [0.25, 0.3) is 5.69 Å². The van der Waals surface area contributed by atoms with Gasteiger partial charge < -0.3 is 0 Å². The predicted octanol–water partition coefficient (Wildman–Crippen LogP) is 4.48. The van der Waals surface area contributed by atoms with Crippen LogP contribution >= 0.6 is 12.2 Å². The molecule has 0 radical (unpaired) electrons. The summed E-state index contributed by atoms with van der Waals surface area (Å²) < 4.78 is 40.0. The molecule has 0 aliphatic heterocycles. The fourth-order valence-electron chi connectivity index (χ4n) is 2.02. The van der Waals surface area contributed by atoms with E-state index in [4.69, 9.17) is 12.2 Å². The van der Waals surface area contributed by atoms with Gasteiger partial charge in [0.25, 0.3) is 0 Å². The number of aryl methyl sites for hydroxylation is 2. The smallest absolute Gasteiger partial charge is 0.288 e. The second-order valence-electron chi connectivity index (χ2n) is 4.54. The summed E-state index contributed by atoms with van der Waals surface area (Å²) in [6, 6.07) is 5.50. The van der Waals surface area contributed by atoms with Crippen LogP contribution in [0.3, 0.4) is 0 Å². The number of aromatic nitrogens is 2. The van der Waals surface area contributed by atoms with Gasteiger partial charge in [0.15, 0.2) is 0 Å². The first-order valence-corrected chi connectivity index (χ1v) is 6.09. The number of nitrogens with zero attached hydrogens (tertiary/aromatic N) is 1. The summed E-state index contributed by atoms with van der Waals surface area (Å²) in [6.45, 7) is 5.15. The van der Waals surface area contributed by atoms with Crippen molar-refractivity contribution in [2.24, 2.45) is 0 Å². The summed E-state index contributed by atoms with van der Waals surface area (Å²) in [5.74, 6) is 0. The van der Waals surface area contributed by atoms with E-state index in [-0.39, 0.29) is 10.2 Å². The van der Waals surface area contributed by atoms with E-state index in [0.717, 1.165) is 11.1 Å². The van der Waals surface area contributed by atoms with Gasteiger partial charge >= 0.3 is 6.18 Å². The topological polar surface area (TPSA) is 20.7 Å². The molecule has 1 aromatic carbocycles. The number of H-pyrrole nitrogens is 1. The van der Waals surface area contributed by atoms with Crippen LogP contribution in [0.4, 0.5) is 13.2 Å². The molecule has 0 bridgehead atoms. The minimum absolute atomic E-state index is 0.0440. The van der Waals surface area contributed by atoms with Crippen LogP contribution in [0.1, 0.15) is 22.4 Å². The Hall–Kier alpha value is -1.56. The van der Waals surface area contributed by atoms with E-state index in [9.17, 15) is 13.2 Å². The molecule has 0 atom stereocenters. The van der Waals surface area contributed by atoms with Crippen molar-refractivity contribution in [2.45, 2.75) is 26.9 Å². The van der Waals surface area contributed by atoms with Crippen molar-refractivity contribution in [1.82, 2.24) is 9.78 Å². The second-order valence-corrected chi connectivity index (χ2v) is 4.93. The summed E-state index contributed by atoms with van der Waals surface area (Å²) in [7, 11) is 0. The molecule has 0 saturated heterocycles. The largest absolute Gasteiger partial charge is 0.433 e. The number of aromatic amines is 1. The van der Waals surface area contributed by atoms with Crippen molar-refractivity contribution in [2.75, 3.05) is 0 Å². The maximum atomic E-state index is 12.8. The van der Waals surface area contributed by atoms with Gasteiger partial charge in [0, 0.05) is 5.56 Å². The van der Waals surface area contributed by atoms with E-state index >= 15 is 0 Å². The summed E-state index contributed by atoms with van der Waals surface area (Å²) in [6.07, 6.45) is -4.43. The molecule has 0 aliphatic carbocycles. The van der Waals surface area contributed by atoms with Crippen LogP contribution in [-0.2, 0) is 6.18 Å². The highest BCUT2D eigenvalue weighted by atomic mass is 32.1. The molecule has 0 amide bonds. The molecular formula is C13H13F3N2S. The Morgan fingerprint density at radius 2 is 1.79 bits per heavy atom. The maximum absolute atomic E-state index is 12.8. The molecule has 102 valence electrons. The van der Waals surface area contributed by atoms with Gasteiger partial charge in [-0.25, -0.2) is 4.68 Å². The Balaban J connectivity index is 2.68. The molecular weight excluding hydrogens is 273 g/mol. The molecule has 1 N–H and O–H groups in total. The zero-order valence-electron chi connectivity index (χ0n) is 10.7. The number of hydrogen-bond acceptors (Lipinski definition) is 1. The third-order valence-corrected chi connectivity index (χ3v) is 3.49. The van der Waals surface area contributed by atoms with Gasteiger partial charge in [-0.05, 0) is 32.4 Å². The first-order chi connectivity index (χ1) is 8.71. The van der Waals surface area contributed by atoms with Crippen molar-refractivity contribution in [1.29, 1.82) is 0 Å². The average Bonchev–Trinajstić information content (AvgIpc) is 2.56. The molecule has 6 heteroatoms. The van der Waals surface area contributed by atoms with E-state index in [1.807, 2.05) is 26.0 Å². The van der Waals surface area contributed by atoms with Crippen molar-refractivity contribution in [3.8, 4) is 5.69 Å². The summed E-state index contributed by atoms with van der Waals surface area (Å²) in [4.78, 5) is 0. The molecule has 0 fully saturated rings. The number of rotatable bonds is 1. The fourth-order valence-corrected chi connectivity index (χ4v) is 2.27. The number of hydrogen-bond donors (Lipinski definition) is 1. The molecule has 2 aromatic rings. The molecule has 1 aromatic heterocycles. The zero-order valence-corrected chi connectivity index (χ0v) is 11.5. The monoisotopic (exact) mass is 286 g/mol. The van der Waals surface area contributed by atoms with Crippen molar-refractivity contribution < 1.29 is 13.2 Å². The van der Waals surface area contributed by atoms with Gasteiger partial charge in [-0.3, -0.25) is 5.10 Å². The zero-order chi connectivity index (χ0) is 14.4. The third kappa shape index (κ3) is 2.45. The Bertz CT molecular complexity index is 680. The molecule has 2 rings (SSSR count). The fraction of sp³-hybridized carbons (Fsp3) is 0.308. The van der Waals surface area contributed by atoms with Crippen molar-refractivity contribution in [3.05, 3.63) is 45.2 Å². The average molecular weight is 286 g/mol. The molecule has 0 spiro atoms. The Morgan fingerprint density at radius 1 is 1.16 bits per heavy atom. The molecule has 0 saturated carbocycles. The van der Waals surface area contributed by atoms with E-state index < -0.39 is 11.9 Å². The van der Waals surface area contributed by atoms with Crippen LogP contribution in [-0.4, -0.2) is 9.78 Å². The number of benzene rings is 1. The van der Waals surface area contributed by atoms with Gasteiger partial charge in [0.2, 0.25) is 0 Å². The third-order valence-electron chi connectivity index (χ3n) is 3.00. The summed E-state index contributed by atoms with van der Waals surface area (Å²) in [5.41, 5.74) is 1.80. The lowest BCUT2D eigenvalue weighted by Gasteiger charge is -2.08. The van der Waals surface area contributed by atoms with Gasteiger partial charge in [0.1, 0.15) is 10.3 Å². The Labute approximate surface area is 113 Å². The number of halogens is 3. The first-order valence-electron chi connectivity index (χ1n) is 5.68. The molecule has 19 heavy (non-hydrogen) atoms. The van der Waals surface area contributed by atoms with E-state index in [1.165, 1.54) is 11.6 Å². The lowest BCUT2D eigenvalue weighted by Crippen LogP contribution is -2.09. The van der Waals surface area contributed by atoms with E-state index in [2.05, 4.69) is 5.10 Å². The number of alkyl halides is 3. The highest BCUT2D eigenvalue weighted by Crippen LogP contribution is 2.32. The summed E-state index contributed by atoms with van der Waals surface area (Å²) in [5, 5.41) is 2.35. The Morgan fingerprint density at radius 3 is 2.26 bits per heavy atom. The van der Waals surface area contributed by atoms with Gasteiger partial charge in [-0.1, -0.05) is 29.9 Å². The molecule has 0 aliphatic rings. The van der Waals surface area contributed by atoms with Crippen LogP contribution in [0.15, 0.2) is 18.2 Å². The van der Waals surface area contributed by atoms with Crippen molar-refractivity contribution in [3.63, 3.8) is 0 Å². The van der Waals surface area contributed by atoms with Crippen LogP contribution in [0.5, 0.6) is 0 Å². The standard InChI is InChI=1S/C13H13F3N2S/c1-7-4-5-10(8(2)6-7)18-12(19)9(3)11(17-18)13(14,15)16/h4-6,17H,1-3H3. The van der Waals surface area contributed by atoms with Crippen LogP contribution in [0, 0.1) is 25.4 Å². The minimum Gasteiger partial charge on any atom is -0.288 e. The molecule has 1 heterocycles. The SMILES string of the molecule is Cc1ccc(-n2[nH]c(C(F)(F)F)c(C)c2=S)c(C)c1. The molecule has 2 nitrogen and oxygen atoms in total. The highest BCUT2D eigenvalue weighted by molar-refractivity contribution is 7.71. The normalized spacial score (nSPS) is 11.9. The lowest BCUT2D eigenvalue weighted by atomic mass is 10.1. The van der Waals surface area contributed by atoms with E-state index in [0.29, 0.717) is 5.69 Å². The van der Waals surface area contributed by atoms with Gasteiger partial charge in [0.05, 0.1) is 5.69 Å². The minimum atomic E-state index is -4.43. The van der Waals surface area contributed by atoms with Crippen LogP contribution in [0.2, 0.25) is 0 Å². The van der Waals surface area contributed by atoms with Crippen molar-refractivity contribution >= 4 is 12.2 Å². The van der Waals surface area contributed by atoms with Crippen LogP contribution < -0.4 is 0 Å². The Kier molecular flexibility index (Phi) is 3.30. The number of nitrogens with one attached hydrogen (secondary N) is 1. The summed E-state index contributed by atoms with van der Waals surface area (Å²) >= 11 is 5.09. The van der Waals surface area contributed by atoms with E-state index in [1.54, 1.807) is 6.07 Å². The maximum Gasteiger partial charge on any atom is 0.433 e. The second kappa shape index (κ2) is 4.52. The quantitative estimate of drug-likeness (QED) is 0.767. The first kappa shape index (κ1) is 13.9. The molecule has 0 unspecified atom stereocenters. The van der Waals surface area contributed by atoms with Gasteiger partial charge in [-0.2, -0.15) is 13.2 Å². The predicted molar refractivity (Wildman–Crippen MR) is 70.2 cm³/mol. The van der Waals surface area contributed by atoms with Gasteiger partial charge in [-0.15, -0.1) is 0 Å². The highest BCUT2D eigenvalue weighted by Gasteiger charge is 2.35. The lowest BCUT2D eigenvalue weighted by molar-refractivity contribution is -0.141.